The number of fused-ring (bicyclic) bond motifs is 12. The zero-order chi connectivity index (χ0) is 33.9. The van der Waals surface area contributed by atoms with Crippen LogP contribution in [0.1, 0.15) is 0 Å². The van der Waals surface area contributed by atoms with E-state index in [1.807, 2.05) is 17.8 Å². The van der Waals surface area contributed by atoms with E-state index in [0.29, 0.717) is 0 Å². The molecule has 2 aliphatic heterocycles. The number of anilines is 2. The van der Waals surface area contributed by atoms with Gasteiger partial charge in [-0.15, -0.1) is 0 Å². The fraction of sp³-hybridized carbons (Fsp3) is 0. The van der Waals surface area contributed by atoms with Gasteiger partial charge in [0, 0.05) is 42.7 Å². The highest BCUT2D eigenvalue weighted by atomic mass is 32.2. The highest BCUT2D eigenvalue weighted by Crippen LogP contribution is 2.48. The molecule has 0 aliphatic carbocycles. The standard InChI is InChI=1S/C45H26B2N2O2S/c1-3-13-31-27(11-1)21-24-38-41(31)43-45(51-38)47(49-35-16-6-9-19-39(35)52-40-20-10-7-17-36(40)49)42-32-14-4-8-18-37(32)50-44(42)46(43)30-22-23-34-29(26-30)25-28-12-2-5-15-33(28)48-34/h1-26H. The molecule has 7 aromatic carbocycles. The van der Waals surface area contributed by atoms with E-state index in [0.717, 1.165) is 82.8 Å². The Balaban J connectivity index is 1.22. The predicted octanol–water partition coefficient (Wildman–Crippen LogP) is 8.27. The first-order chi connectivity index (χ1) is 25.8. The van der Waals surface area contributed by atoms with Gasteiger partial charge in [0.15, 0.2) is 0 Å². The molecule has 3 aromatic heterocycles. The molecule has 0 saturated heterocycles. The van der Waals surface area contributed by atoms with Crippen LogP contribution in [0.15, 0.2) is 176 Å². The molecule has 0 N–H and O–H groups in total. The highest BCUT2D eigenvalue weighted by Gasteiger charge is 2.50. The van der Waals surface area contributed by atoms with Crippen molar-refractivity contribution in [2.45, 2.75) is 9.79 Å². The number of rotatable bonds is 2. The van der Waals surface area contributed by atoms with E-state index >= 15 is 0 Å². The van der Waals surface area contributed by atoms with Gasteiger partial charge in [-0.05, 0) is 76.3 Å². The summed E-state index contributed by atoms with van der Waals surface area (Å²) >= 11 is 1.82. The molecule has 10 aromatic rings. The molecule has 7 heteroatoms. The van der Waals surface area contributed by atoms with Crippen molar-refractivity contribution in [1.82, 2.24) is 4.98 Å². The lowest BCUT2D eigenvalue weighted by Crippen LogP contribution is -2.74. The number of aromatic nitrogens is 1. The van der Waals surface area contributed by atoms with Gasteiger partial charge in [0.25, 0.3) is 6.71 Å². The smallest absolute Gasteiger partial charge is 0.372 e. The second kappa shape index (κ2) is 10.7. The lowest BCUT2D eigenvalue weighted by Gasteiger charge is -2.39. The molecule has 2 aliphatic rings. The molecule has 0 spiro atoms. The summed E-state index contributed by atoms with van der Waals surface area (Å²) in [5.41, 5.74) is 11.4. The van der Waals surface area contributed by atoms with E-state index in [9.17, 15) is 0 Å². The topological polar surface area (TPSA) is 42.4 Å². The quantitative estimate of drug-likeness (QED) is 0.136. The second-order valence-electron chi connectivity index (χ2n) is 13.8. The lowest BCUT2D eigenvalue weighted by molar-refractivity contribution is 0.646. The SMILES string of the molecule is c1ccc2c(c1)Sc1ccccc1N2B1c2oc3ccc4ccccc4c3c2B(c2ccc3nc4ccccc4cc3c2)c2oc3ccccc3c21. The monoisotopic (exact) mass is 680 g/mol. The Morgan fingerprint density at radius 1 is 0.500 bits per heavy atom. The highest BCUT2D eigenvalue weighted by molar-refractivity contribution is 7.99. The number of furan rings is 2. The van der Waals surface area contributed by atoms with Crippen LogP contribution in [0.25, 0.3) is 54.5 Å². The van der Waals surface area contributed by atoms with Crippen LogP contribution in [0.5, 0.6) is 0 Å². The van der Waals surface area contributed by atoms with Gasteiger partial charge < -0.3 is 13.6 Å². The summed E-state index contributed by atoms with van der Waals surface area (Å²) in [5.74, 6) is 0. The Labute approximate surface area is 303 Å². The minimum absolute atomic E-state index is 0.221. The third kappa shape index (κ3) is 3.94. The predicted molar refractivity (Wildman–Crippen MR) is 218 cm³/mol. The third-order valence-corrected chi connectivity index (χ3v) is 12.1. The van der Waals surface area contributed by atoms with Crippen molar-refractivity contribution in [2.24, 2.45) is 0 Å². The molecular weight excluding hydrogens is 654 g/mol. The summed E-state index contributed by atoms with van der Waals surface area (Å²) in [6.45, 7) is -0.508. The number of hydrogen-bond donors (Lipinski definition) is 0. The maximum absolute atomic E-state index is 7.26. The Morgan fingerprint density at radius 2 is 1.17 bits per heavy atom. The van der Waals surface area contributed by atoms with E-state index in [1.165, 1.54) is 20.6 Å². The van der Waals surface area contributed by atoms with Gasteiger partial charge in [0.1, 0.15) is 11.2 Å². The Bertz CT molecular complexity index is 3070. The number of benzene rings is 7. The molecule has 4 nitrogen and oxygen atoms in total. The Kier molecular flexibility index (Phi) is 5.85. The van der Waals surface area contributed by atoms with Crippen LogP contribution in [-0.2, 0) is 0 Å². The van der Waals surface area contributed by atoms with Crippen molar-refractivity contribution in [3.8, 4) is 0 Å². The maximum atomic E-state index is 7.26. The second-order valence-corrected chi connectivity index (χ2v) is 14.9. The zero-order valence-electron chi connectivity index (χ0n) is 27.8. The zero-order valence-corrected chi connectivity index (χ0v) is 28.6. The van der Waals surface area contributed by atoms with Gasteiger partial charge in [0.05, 0.1) is 22.4 Å². The summed E-state index contributed by atoms with van der Waals surface area (Å²) in [4.78, 5) is 9.97. The molecule has 240 valence electrons. The molecule has 0 saturated carbocycles. The maximum Gasteiger partial charge on any atom is 0.372 e. The van der Waals surface area contributed by atoms with Gasteiger partial charge in [0.2, 0.25) is 0 Å². The average Bonchev–Trinajstić information content (AvgIpc) is 3.78. The molecule has 0 unspecified atom stereocenters. The summed E-state index contributed by atoms with van der Waals surface area (Å²) in [6.07, 6.45) is 0. The van der Waals surface area contributed by atoms with Crippen molar-refractivity contribution < 1.29 is 8.83 Å². The van der Waals surface area contributed by atoms with E-state index in [-0.39, 0.29) is 13.6 Å². The van der Waals surface area contributed by atoms with Gasteiger partial charge >= 0.3 is 6.85 Å². The molecule has 0 radical (unpaired) electrons. The number of pyridine rings is 1. The van der Waals surface area contributed by atoms with E-state index in [1.54, 1.807) is 0 Å². The Morgan fingerprint density at radius 3 is 2.02 bits per heavy atom. The van der Waals surface area contributed by atoms with E-state index in [4.69, 9.17) is 13.8 Å². The van der Waals surface area contributed by atoms with Crippen molar-refractivity contribution in [1.29, 1.82) is 0 Å². The molecule has 5 heterocycles. The van der Waals surface area contributed by atoms with Gasteiger partial charge in [-0.1, -0.05) is 120 Å². The first-order valence-electron chi connectivity index (χ1n) is 17.7. The molecule has 0 atom stereocenters. The first kappa shape index (κ1) is 28.5. The molecule has 12 rings (SSSR count). The van der Waals surface area contributed by atoms with Crippen molar-refractivity contribution in [2.75, 3.05) is 4.81 Å². The van der Waals surface area contributed by atoms with Crippen LogP contribution >= 0.6 is 11.8 Å². The van der Waals surface area contributed by atoms with E-state index < -0.39 is 0 Å². The molecule has 0 fully saturated rings. The summed E-state index contributed by atoms with van der Waals surface area (Å²) < 4.78 is 14.4. The Hall–Kier alpha value is -6.17. The minimum Gasteiger partial charge on any atom is -0.471 e. The van der Waals surface area contributed by atoms with Crippen LogP contribution in [0, 0.1) is 0 Å². The normalized spacial score (nSPS) is 13.6. The van der Waals surface area contributed by atoms with E-state index in [2.05, 4.69) is 156 Å². The van der Waals surface area contributed by atoms with Crippen LogP contribution in [0.3, 0.4) is 0 Å². The number of para-hydroxylation sites is 4. The van der Waals surface area contributed by atoms with Crippen LogP contribution in [0.2, 0.25) is 0 Å². The van der Waals surface area contributed by atoms with Crippen molar-refractivity contribution >= 4 is 119 Å². The van der Waals surface area contributed by atoms with Crippen molar-refractivity contribution in [3.63, 3.8) is 0 Å². The van der Waals surface area contributed by atoms with Gasteiger partial charge in [-0.2, -0.15) is 0 Å². The number of hydrogen-bond acceptors (Lipinski definition) is 5. The van der Waals surface area contributed by atoms with Crippen molar-refractivity contribution in [3.05, 3.63) is 158 Å². The minimum atomic E-state index is -0.287. The molecule has 52 heavy (non-hydrogen) atoms. The first-order valence-corrected chi connectivity index (χ1v) is 18.5. The molecule has 0 bridgehead atoms. The number of nitrogens with zero attached hydrogens (tertiary/aromatic N) is 2. The fourth-order valence-electron chi connectivity index (χ4n) is 8.80. The van der Waals surface area contributed by atoms with Crippen LogP contribution < -0.4 is 32.5 Å². The molecular formula is C45H26B2N2O2S. The third-order valence-electron chi connectivity index (χ3n) is 11.0. The lowest BCUT2D eigenvalue weighted by atomic mass is 9.28. The summed E-state index contributed by atoms with van der Waals surface area (Å²) in [5, 5.41) is 6.83. The fourth-order valence-corrected chi connectivity index (χ4v) is 9.87. The largest absolute Gasteiger partial charge is 0.471 e. The van der Waals surface area contributed by atoms with Gasteiger partial charge in [-0.3, -0.25) is 0 Å². The summed E-state index contributed by atoms with van der Waals surface area (Å²) in [7, 11) is 0. The molecule has 0 amide bonds. The summed E-state index contributed by atoms with van der Waals surface area (Å²) in [6, 6.07) is 56.3. The van der Waals surface area contributed by atoms with Gasteiger partial charge in [-0.25, -0.2) is 4.98 Å². The van der Waals surface area contributed by atoms with Crippen LogP contribution in [-0.4, -0.2) is 18.5 Å². The average molecular weight is 680 g/mol. The van der Waals surface area contributed by atoms with Crippen LogP contribution in [0.4, 0.5) is 11.4 Å².